The number of carbonyl (C=O) groups is 1. The first-order chi connectivity index (χ1) is 6.59. The van der Waals surface area contributed by atoms with Crippen molar-refractivity contribution in [2.45, 2.75) is 13.0 Å². The maximum atomic E-state index is 11.4. The van der Waals surface area contributed by atoms with Crippen molar-refractivity contribution in [2.24, 2.45) is 0 Å². The summed E-state index contributed by atoms with van der Waals surface area (Å²) in [5.74, 6) is -0.268. The molecule has 1 aromatic rings. The number of nitrogens with one attached hydrogen (secondary N) is 1. The van der Waals surface area contributed by atoms with E-state index in [0.29, 0.717) is 10.7 Å². The lowest BCUT2D eigenvalue weighted by Gasteiger charge is -2.06. The summed E-state index contributed by atoms with van der Waals surface area (Å²) >= 11 is 5.56. The third-order valence-electron chi connectivity index (χ3n) is 1.55. The van der Waals surface area contributed by atoms with Crippen molar-refractivity contribution >= 4 is 17.5 Å². The van der Waals surface area contributed by atoms with E-state index in [1.54, 1.807) is 19.1 Å². The molecule has 0 unspecified atom stereocenters. The van der Waals surface area contributed by atoms with Gasteiger partial charge in [-0.05, 0) is 19.1 Å². The Morgan fingerprint density at radius 1 is 1.71 bits per heavy atom. The molecule has 0 bridgehead atoms. The number of amides is 1. The van der Waals surface area contributed by atoms with E-state index >= 15 is 0 Å². The molecular formula is C9H11ClN2O2. The molecule has 1 amide bonds. The second-order valence-electron chi connectivity index (χ2n) is 2.93. The summed E-state index contributed by atoms with van der Waals surface area (Å²) in [5.41, 5.74) is 0.426. The second-order valence-corrected chi connectivity index (χ2v) is 3.32. The molecule has 14 heavy (non-hydrogen) atoms. The van der Waals surface area contributed by atoms with Gasteiger partial charge in [-0.15, -0.1) is 0 Å². The summed E-state index contributed by atoms with van der Waals surface area (Å²) in [6.45, 7) is 1.82. The fourth-order valence-corrected chi connectivity index (χ4v) is 0.964. The topological polar surface area (TPSA) is 62.2 Å². The predicted molar refractivity (Wildman–Crippen MR) is 53.3 cm³/mol. The highest BCUT2D eigenvalue weighted by molar-refractivity contribution is 6.29. The van der Waals surface area contributed by atoms with Crippen molar-refractivity contribution < 1.29 is 9.90 Å². The Hall–Kier alpha value is -1.13. The predicted octanol–water partition coefficient (Wildman–Crippen LogP) is 0.846. The Bertz CT molecular complexity index is 311. The first-order valence-corrected chi connectivity index (χ1v) is 4.55. The number of hydrogen-bond acceptors (Lipinski definition) is 3. The summed E-state index contributed by atoms with van der Waals surface area (Å²) in [5, 5.41) is 11.8. The lowest BCUT2D eigenvalue weighted by Crippen LogP contribution is -2.30. The molecule has 1 atom stereocenters. The normalized spacial score (nSPS) is 12.2. The number of aliphatic hydroxyl groups excluding tert-OH is 1. The molecule has 0 aliphatic heterocycles. The van der Waals surface area contributed by atoms with Crippen LogP contribution in [0.4, 0.5) is 0 Å². The Morgan fingerprint density at radius 3 is 2.93 bits per heavy atom. The van der Waals surface area contributed by atoms with Gasteiger partial charge in [0.25, 0.3) is 5.91 Å². The molecule has 0 aliphatic carbocycles. The highest BCUT2D eigenvalue weighted by Gasteiger charge is 2.06. The molecule has 0 fully saturated rings. The number of aromatic nitrogens is 1. The van der Waals surface area contributed by atoms with Gasteiger partial charge < -0.3 is 10.4 Å². The van der Waals surface area contributed by atoms with Gasteiger partial charge in [0, 0.05) is 12.7 Å². The van der Waals surface area contributed by atoms with Crippen LogP contribution < -0.4 is 5.32 Å². The number of halogens is 1. The minimum absolute atomic E-state index is 0.224. The summed E-state index contributed by atoms with van der Waals surface area (Å²) in [7, 11) is 0. The fourth-order valence-electron chi connectivity index (χ4n) is 0.853. The van der Waals surface area contributed by atoms with Crippen LogP contribution in [0, 0.1) is 0 Å². The molecule has 76 valence electrons. The zero-order valence-electron chi connectivity index (χ0n) is 7.70. The van der Waals surface area contributed by atoms with Crippen LogP contribution in [0.1, 0.15) is 17.3 Å². The van der Waals surface area contributed by atoms with Crippen LogP contribution in [0.25, 0.3) is 0 Å². The first-order valence-electron chi connectivity index (χ1n) is 4.17. The second kappa shape index (κ2) is 4.93. The number of carbonyl (C=O) groups excluding carboxylic acids is 1. The van der Waals surface area contributed by atoms with Gasteiger partial charge in [0.15, 0.2) is 0 Å². The molecule has 0 saturated carbocycles. The first kappa shape index (κ1) is 10.9. The van der Waals surface area contributed by atoms with Gasteiger partial charge in [0.05, 0.1) is 11.7 Å². The van der Waals surface area contributed by atoms with E-state index in [9.17, 15) is 4.79 Å². The molecule has 5 heteroatoms. The summed E-state index contributed by atoms with van der Waals surface area (Å²) in [6, 6.07) is 3.12. The average molecular weight is 215 g/mol. The van der Waals surface area contributed by atoms with Crippen LogP contribution in [0.5, 0.6) is 0 Å². The van der Waals surface area contributed by atoms with Gasteiger partial charge in [-0.25, -0.2) is 4.98 Å². The van der Waals surface area contributed by atoms with E-state index in [0.717, 1.165) is 0 Å². The minimum Gasteiger partial charge on any atom is -0.392 e. The van der Waals surface area contributed by atoms with Crippen molar-refractivity contribution in [1.82, 2.24) is 10.3 Å². The van der Waals surface area contributed by atoms with Gasteiger partial charge in [0.1, 0.15) is 5.15 Å². The zero-order valence-corrected chi connectivity index (χ0v) is 8.45. The summed E-state index contributed by atoms with van der Waals surface area (Å²) in [4.78, 5) is 15.1. The average Bonchev–Trinajstić information content (AvgIpc) is 2.15. The Kier molecular flexibility index (Phi) is 3.85. The van der Waals surface area contributed by atoms with Crippen LogP contribution >= 0.6 is 11.6 Å². The SMILES string of the molecule is C[C@@H](O)CNC(=O)c1ccc(Cl)nc1. The van der Waals surface area contributed by atoms with Crippen molar-refractivity contribution in [3.05, 3.63) is 29.0 Å². The van der Waals surface area contributed by atoms with Crippen molar-refractivity contribution in [1.29, 1.82) is 0 Å². The smallest absolute Gasteiger partial charge is 0.252 e. The highest BCUT2D eigenvalue weighted by atomic mass is 35.5. The van der Waals surface area contributed by atoms with Crippen LogP contribution in [-0.4, -0.2) is 28.6 Å². The molecule has 2 N–H and O–H groups in total. The molecule has 1 heterocycles. The molecule has 0 spiro atoms. The molecule has 1 aromatic heterocycles. The number of rotatable bonds is 3. The summed E-state index contributed by atoms with van der Waals surface area (Å²) < 4.78 is 0. The van der Waals surface area contributed by atoms with Crippen LogP contribution in [0.2, 0.25) is 5.15 Å². The number of hydrogen-bond donors (Lipinski definition) is 2. The Morgan fingerprint density at radius 2 is 2.43 bits per heavy atom. The number of pyridine rings is 1. The van der Waals surface area contributed by atoms with Crippen LogP contribution in [-0.2, 0) is 0 Å². The molecule has 0 aliphatic rings. The molecule has 0 radical (unpaired) electrons. The standard InChI is InChI=1S/C9H11ClN2O2/c1-6(13)4-12-9(14)7-2-3-8(10)11-5-7/h2-3,5-6,13H,4H2,1H3,(H,12,14)/t6-/m1/s1. The van der Waals surface area contributed by atoms with E-state index in [1.807, 2.05) is 0 Å². The third kappa shape index (κ3) is 3.32. The maximum Gasteiger partial charge on any atom is 0.252 e. The monoisotopic (exact) mass is 214 g/mol. The van der Waals surface area contributed by atoms with Crippen LogP contribution in [0.3, 0.4) is 0 Å². The quantitative estimate of drug-likeness (QED) is 0.734. The lowest BCUT2D eigenvalue weighted by molar-refractivity contribution is 0.0923. The van der Waals surface area contributed by atoms with Gasteiger partial charge in [-0.3, -0.25) is 4.79 Å². The molecule has 4 nitrogen and oxygen atoms in total. The van der Waals surface area contributed by atoms with Gasteiger partial charge >= 0.3 is 0 Å². The Balaban J connectivity index is 2.57. The highest BCUT2D eigenvalue weighted by Crippen LogP contribution is 2.04. The van der Waals surface area contributed by atoms with Gasteiger partial charge in [-0.2, -0.15) is 0 Å². The van der Waals surface area contributed by atoms with E-state index in [4.69, 9.17) is 16.7 Å². The largest absolute Gasteiger partial charge is 0.392 e. The van der Waals surface area contributed by atoms with Gasteiger partial charge in [0.2, 0.25) is 0 Å². The van der Waals surface area contributed by atoms with E-state index in [-0.39, 0.29) is 12.5 Å². The number of aliphatic hydroxyl groups is 1. The van der Waals surface area contributed by atoms with Crippen molar-refractivity contribution in [2.75, 3.05) is 6.54 Å². The minimum atomic E-state index is -0.556. The third-order valence-corrected chi connectivity index (χ3v) is 1.77. The number of nitrogens with zero attached hydrogens (tertiary/aromatic N) is 1. The van der Waals surface area contributed by atoms with Gasteiger partial charge in [-0.1, -0.05) is 11.6 Å². The molecule has 0 saturated heterocycles. The molecular weight excluding hydrogens is 204 g/mol. The zero-order chi connectivity index (χ0) is 10.6. The van der Waals surface area contributed by atoms with Crippen molar-refractivity contribution in [3.8, 4) is 0 Å². The van der Waals surface area contributed by atoms with E-state index < -0.39 is 6.10 Å². The fraction of sp³-hybridized carbons (Fsp3) is 0.333. The lowest BCUT2D eigenvalue weighted by atomic mass is 10.2. The molecule has 1 rings (SSSR count). The maximum absolute atomic E-state index is 11.4. The Labute approximate surface area is 86.9 Å². The van der Waals surface area contributed by atoms with E-state index in [2.05, 4.69) is 10.3 Å². The van der Waals surface area contributed by atoms with Crippen molar-refractivity contribution in [3.63, 3.8) is 0 Å². The molecule has 0 aromatic carbocycles. The van der Waals surface area contributed by atoms with E-state index in [1.165, 1.54) is 6.20 Å². The summed E-state index contributed by atoms with van der Waals surface area (Å²) in [6.07, 6.45) is 0.832. The van der Waals surface area contributed by atoms with Crippen LogP contribution in [0.15, 0.2) is 18.3 Å².